The lowest BCUT2D eigenvalue weighted by molar-refractivity contribution is -0.139. The molecule has 3 aromatic rings. The van der Waals surface area contributed by atoms with Crippen molar-refractivity contribution in [3.05, 3.63) is 96.1 Å². The maximum absolute atomic E-state index is 11.1. The highest BCUT2D eigenvalue weighted by atomic mass is 16.5. The average Bonchev–Trinajstić information content (AvgIpc) is 2.78. The van der Waals surface area contributed by atoms with E-state index in [0.29, 0.717) is 6.61 Å². The summed E-state index contributed by atoms with van der Waals surface area (Å²) in [5, 5.41) is 0. The molecule has 0 bridgehead atoms. The zero-order chi connectivity index (χ0) is 20.3. The van der Waals surface area contributed by atoms with Gasteiger partial charge < -0.3 is 9.47 Å². The topological polar surface area (TPSA) is 35.5 Å². The molecule has 0 radical (unpaired) electrons. The number of ether oxygens (including phenoxy) is 2. The number of hydrogen-bond acceptors (Lipinski definition) is 3. The fraction of sp³-hybridized carbons (Fsp3) is 0.115. The molecule has 0 atom stereocenters. The number of rotatable bonds is 6. The van der Waals surface area contributed by atoms with Crippen molar-refractivity contribution < 1.29 is 14.3 Å². The average molecular weight is 382 g/mol. The molecule has 0 spiro atoms. The lowest BCUT2D eigenvalue weighted by Crippen LogP contribution is -1.97. The first-order chi connectivity index (χ1) is 14.2. The van der Waals surface area contributed by atoms with Crippen molar-refractivity contribution in [3.8, 4) is 28.7 Å². The van der Waals surface area contributed by atoms with Crippen LogP contribution in [0.5, 0.6) is 5.75 Å². The molecular weight excluding hydrogens is 360 g/mol. The molecule has 3 aromatic carbocycles. The highest BCUT2D eigenvalue weighted by molar-refractivity contribution is 5.72. The van der Waals surface area contributed by atoms with E-state index in [4.69, 9.17) is 4.74 Å². The van der Waals surface area contributed by atoms with Crippen LogP contribution < -0.4 is 4.74 Å². The van der Waals surface area contributed by atoms with E-state index in [1.165, 1.54) is 18.2 Å². The summed E-state index contributed by atoms with van der Waals surface area (Å²) in [5.41, 5.74) is 4.33. The molecule has 3 rings (SSSR count). The second kappa shape index (κ2) is 10.5. The molecule has 144 valence electrons. The number of carbonyl (C=O) groups excluding carboxylic acids is 1. The normalized spacial score (nSPS) is 10.2. The van der Waals surface area contributed by atoms with Gasteiger partial charge >= 0.3 is 5.97 Å². The lowest BCUT2D eigenvalue weighted by atomic mass is 10.0. The molecule has 0 fully saturated rings. The molecule has 0 aliphatic carbocycles. The van der Waals surface area contributed by atoms with E-state index in [2.05, 4.69) is 53.0 Å². The molecule has 0 saturated heterocycles. The van der Waals surface area contributed by atoms with Gasteiger partial charge in [0.05, 0.1) is 7.11 Å². The van der Waals surface area contributed by atoms with Crippen molar-refractivity contribution in [2.75, 3.05) is 13.7 Å². The second-order valence-corrected chi connectivity index (χ2v) is 6.28. The molecule has 0 saturated carbocycles. The van der Waals surface area contributed by atoms with Crippen LogP contribution in [0.25, 0.3) is 17.2 Å². The van der Waals surface area contributed by atoms with Gasteiger partial charge in [-0.05, 0) is 41.0 Å². The maximum Gasteiger partial charge on any atom is 0.317 e. The first kappa shape index (κ1) is 20.0. The zero-order valence-electron chi connectivity index (χ0n) is 16.3. The van der Waals surface area contributed by atoms with Crippen LogP contribution in [0.4, 0.5) is 0 Å². The maximum atomic E-state index is 11.1. The molecule has 29 heavy (non-hydrogen) atoms. The molecule has 3 heteroatoms. The first-order valence-corrected chi connectivity index (χ1v) is 9.35. The van der Waals surface area contributed by atoms with Gasteiger partial charge in [0.2, 0.25) is 0 Å². The van der Waals surface area contributed by atoms with Gasteiger partial charge in [0.15, 0.2) is 0 Å². The third-order valence-electron chi connectivity index (χ3n) is 4.20. The van der Waals surface area contributed by atoms with Crippen molar-refractivity contribution in [3.63, 3.8) is 0 Å². The summed E-state index contributed by atoms with van der Waals surface area (Å²) < 4.78 is 10.3. The van der Waals surface area contributed by atoms with Gasteiger partial charge in [-0.3, -0.25) is 4.79 Å². The molecule has 0 unspecified atom stereocenters. The predicted molar refractivity (Wildman–Crippen MR) is 116 cm³/mol. The minimum absolute atomic E-state index is 0.0768. The van der Waals surface area contributed by atoms with Gasteiger partial charge in [0.25, 0.3) is 0 Å². The molecule has 3 nitrogen and oxygen atoms in total. The Bertz CT molecular complexity index is 1020. The van der Waals surface area contributed by atoms with E-state index in [1.54, 1.807) is 0 Å². The van der Waals surface area contributed by atoms with E-state index < -0.39 is 0 Å². The summed E-state index contributed by atoms with van der Waals surface area (Å²) in [7, 11) is 1.35. The van der Waals surface area contributed by atoms with E-state index >= 15 is 0 Å². The van der Waals surface area contributed by atoms with Crippen LogP contribution in [-0.4, -0.2) is 19.7 Å². The predicted octanol–water partition coefficient (Wildman–Crippen LogP) is 5.36. The fourth-order valence-electron chi connectivity index (χ4n) is 2.70. The molecule has 0 amide bonds. The van der Waals surface area contributed by atoms with Crippen molar-refractivity contribution in [2.24, 2.45) is 0 Å². The highest BCUT2D eigenvalue weighted by Gasteiger charge is 1.97. The summed E-state index contributed by atoms with van der Waals surface area (Å²) in [6.07, 6.45) is 4.09. The van der Waals surface area contributed by atoms with Crippen LogP contribution in [0.15, 0.2) is 84.9 Å². The Morgan fingerprint density at radius 1 is 0.931 bits per heavy atom. The third kappa shape index (κ3) is 6.41. The molecule has 0 aliphatic heterocycles. The zero-order valence-corrected chi connectivity index (χ0v) is 16.3. The Morgan fingerprint density at radius 2 is 1.69 bits per heavy atom. The van der Waals surface area contributed by atoms with Gasteiger partial charge in [0.1, 0.15) is 18.8 Å². The standard InChI is InChI=1S/C26H22O3/c1-28-26(27)14-6-9-22-8-5-13-25(20-22)29-19-7-10-21-15-17-24(18-16-21)23-11-3-2-4-12-23/h2-5,7-8,10-13,15-18,20H,14,19H2,1H3/b10-7+. The fourth-order valence-corrected chi connectivity index (χ4v) is 2.70. The SMILES string of the molecule is COC(=O)CC#Cc1cccc(OC/C=C/c2ccc(-c3ccccc3)cc2)c1. The van der Waals surface area contributed by atoms with Crippen LogP contribution in [0, 0.1) is 11.8 Å². The van der Waals surface area contributed by atoms with E-state index in [1.807, 2.05) is 54.6 Å². The Balaban J connectivity index is 1.52. The van der Waals surface area contributed by atoms with Crippen LogP contribution in [0.1, 0.15) is 17.5 Å². The smallest absolute Gasteiger partial charge is 0.317 e. The van der Waals surface area contributed by atoms with Crippen LogP contribution in [0.2, 0.25) is 0 Å². The number of benzene rings is 3. The van der Waals surface area contributed by atoms with Crippen molar-refractivity contribution in [2.45, 2.75) is 6.42 Å². The van der Waals surface area contributed by atoms with Crippen LogP contribution in [0.3, 0.4) is 0 Å². The van der Waals surface area contributed by atoms with Gasteiger partial charge in [-0.2, -0.15) is 0 Å². The number of methoxy groups -OCH3 is 1. The van der Waals surface area contributed by atoms with Crippen LogP contribution in [-0.2, 0) is 9.53 Å². The minimum atomic E-state index is -0.341. The molecule has 0 heterocycles. The number of carbonyl (C=O) groups is 1. The quantitative estimate of drug-likeness (QED) is 0.425. The summed E-state index contributed by atoms with van der Waals surface area (Å²) >= 11 is 0. The lowest BCUT2D eigenvalue weighted by Gasteiger charge is -2.04. The van der Waals surface area contributed by atoms with E-state index in [9.17, 15) is 4.79 Å². The van der Waals surface area contributed by atoms with Gasteiger partial charge in [-0.1, -0.05) is 78.6 Å². The second-order valence-electron chi connectivity index (χ2n) is 6.28. The summed E-state index contributed by atoms with van der Waals surface area (Å²) in [4.78, 5) is 11.1. The molecule has 0 aliphatic rings. The monoisotopic (exact) mass is 382 g/mol. The van der Waals surface area contributed by atoms with Crippen molar-refractivity contribution >= 4 is 12.0 Å². The summed E-state index contributed by atoms with van der Waals surface area (Å²) in [6, 6.07) is 26.2. The van der Waals surface area contributed by atoms with Gasteiger partial charge in [-0.25, -0.2) is 0 Å². The Morgan fingerprint density at radius 3 is 2.45 bits per heavy atom. The minimum Gasteiger partial charge on any atom is -0.489 e. The molecular formula is C26H22O3. The summed E-state index contributed by atoms with van der Waals surface area (Å²) in [6.45, 7) is 0.458. The molecule has 0 aromatic heterocycles. The van der Waals surface area contributed by atoms with Crippen molar-refractivity contribution in [1.29, 1.82) is 0 Å². The number of hydrogen-bond donors (Lipinski definition) is 0. The Labute approximate surface area is 171 Å². The number of esters is 1. The molecule has 0 N–H and O–H groups in total. The summed E-state index contributed by atoms with van der Waals surface area (Å²) in [5.74, 6) is 6.12. The van der Waals surface area contributed by atoms with Gasteiger partial charge in [-0.15, -0.1) is 0 Å². The van der Waals surface area contributed by atoms with Crippen molar-refractivity contribution in [1.82, 2.24) is 0 Å². The largest absolute Gasteiger partial charge is 0.489 e. The highest BCUT2D eigenvalue weighted by Crippen LogP contribution is 2.19. The van der Waals surface area contributed by atoms with Crippen LogP contribution >= 0.6 is 0 Å². The first-order valence-electron chi connectivity index (χ1n) is 9.35. The van der Waals surface area contributed by atoms with Gasteiger partial charge in [0, 0.05) is 5.56 Å². The Kier molecular flexibility index (Phi) is 7.26. The third-order valence-corrected chi connectivity index (χ3v) is 4.20. The van der Waals surface area contributed by atoms with E-state index in [-0.39, 0.29) is 12.4 Å². The van der Waals surface area contributed by atoms with E-state index in [0.717, 1.165) is 16.9 Å². The Hall–Kier alpha value is -3.77.